The van der Waals surface area contributed by atoms with Crippen molar-refractivity contribution >= 4 is 10.0 Å². The SMILES string of the molecule is CCCC1CCCN(S(=O)(=O)CC)C1. The van der Waals surface area contributed by atoms with Crippen LogP contribution < -0.4 is 0 Å². The van der Waals surface area contributed by atoms with Crippen LogP contribution in [0.3, 0.4) is 0 Å². The minimum Gasteiger partial charge on any atom is -0.212 e. The van der Waals surface area contributed by atoms with E-state index in [1.54, 1.807) is 11.2 Å². The first kappa shape index (κ1) is 12.0. The van der Waals surface area contributed by atoms with Gasteiger partial charge in [-0.05, 0) is 32.1 Å². The van der Waals surface area contributed by atoms with Crippen molar-refractivity contribution in [3.05, 3.63) is 0 Å². The third kappa shape index (κ3) is 2.95. The van der Waals surface area contributed by atoms with Gasteiger partial charge in [-0.2, -0.15) is 0 Å². The maximum absolute atomic E-state index is 11.6. The molecule has 1 heterocycles. The van der Waals surface area contributed by atoms with Gasteiger partial charge in [0.1, 0.15) is 0 Å². The van der Waals surface area contributed by atoms with Gasteiger partial charge >= 0.3 is 0 Å². The number of sulfonamides is 1. The summed E-state index contributed by atoms with van der Waals surface area (Å²) < 4.78 is 24.9. The molecule has 1 aliphatic heterocycles. The fourth-order valence-electron chi connectivity index (χ4n) is 2.11. The maximum Gasteiger partial charge on any atom is 0.213 e. The highest BCUT2D eigenvalue weighted by Crippen LogP contribution is 2.22. The van der Waals surface area contributed by atoms with E-state index in [4.69, 9.17) is 0 Å². The van der Waals surface area contributed by atoms with E-state index in [-0.39, 0.29) is 5.75 Å². The lowest BCUT2D eigenvalue weighted by atomic mass is 9.95. The summed E-state index contributed by atoms with van der Waals surface area (Å²) in [7, 11) is -2.94. The molecule has 0 radical (unpaired) electrons. The molecular formula is C10H21NO2S. The van der Waals surface area contributed by atoms with Crippen molar-refractivity contribution in [2.45, 2.75) is 39.5 Å². The van der Waals surface area contributed by atoms with Crippen LogP contribution in [-0.2, 0) is 10.0 Å². The van der Waals surface area contributed by atoms with Crippen LogP contribution in [0.5, 0.6) is 0 Å². The molecule has 4 heteroatoms. The van der Waals surface area contributed by atoms with Crippen LogP contribution >= 0.6 is 0 Å². The summed E-state index contributed by atoms with van der Waals surface area (Å²) >= 11 is 0. The van der Waals surface area contributed by atoms with Crippen molar-refractivity contribution in [1.82, 2.24) is 4.31 Å². The van der Waals surface area contributed by atoms with Crippen LogP contribution in [0.4, 0.5) is 0 Å². The summed E-state index contributed by atoms with van der Waals surface area (Å²) in [6.07, 6.45) is 4.55. The summed E-state index contributed by atoms with van der Waals surface area (Å²) in [4.78, 5) is 0. The van der Waals surface area contributed by atoms with Crippen LogP contribution in [0.15, 0.2) is 0 Å². The Morgan fingerprint density at radius 2 is 2.07 bits per heavy atom. The molecule has 0 aromatic carbocycles. The molecule has 1 aliphatic rings. The molecule has 0 bridgehead atoms. The highest BCUT2D eigenvalue weighted by atomic mass is 32.2. The van der Waals surface area contributed by atoms with E-state index in [1.807, 2.05) is 0 Å². The zero-order valence-corrected chi connectivity index (χ0v) is 10.0. The first-order chi connectivity index (χ1) is 6.60. The van der Waals surface area contributed by atoms with Crippen molar-refractivity contribution in [1.29, 1.82) is 0 Å². The Morgan fingerprint density at radius 3 is 2.64 bits per heavy atom. The lowest BCUT2D eigenvalue weighted by Crippen LogP contribution is -2.40. The second kappa shape index (κ2) is 5.12. The van der Waals surface area contributed by atoms with Gasteiger partial charge in [-0.25, -0.2) is 12.7 Å². The maximum atomic E-state index is 11.6. The van der Waals surface area contributed by atoms with Gasteiger partial charge in [0.2, 0.25) is 10.0 Å². The van der Waals surface area contributed by atoms with Gasteiger partial charge in [0.25, 0.3) is 0 Å². The number of hydrogen-bond acceptors (Lipinski definition) is 2. The minimum atomic E-state index is -2.94. The lowest BCUT2D eigenvalue weighted by molar-refractivity contribution is 0.255. The fraction of sp³-hybridized carbons (Fsp3) is 1.00. The van der Waals surface area contributed by atoms with Crippen molar-refractivity contribution < 1.29 is 8.42 Å². The molecule has 0 aromatic rings. The lowest BCUT2D eigenvalue weighted by Gasteiger charge is -2.31. The molecule has 1 rings (SSSR count). The fourth-order valence-corrected chi connectivity index (χ4v) is 3.32. The molecule has 84 valence electrons. The van der Waals surface area contributed by atoms with Crippen LogP contribution in [0.1, 0.15) is 39.5 Å². The Kier molecular flexibility index (Phi) is 4.38. The van der Waals surface area contributed by atoms with E-state index in [1.165, 1.54) is 6.42 Å². The third-order valence-corrected chi connectivity index (χ3v) is 4.78. The summed E-state index contributed by atoms with van der Waals surface area (Å²) in [6.45, 7) is 5.37. The molecule has 0 aliphatic carbocycles. The Bertz CT molecular complexity index is 259. The van der Waals surface area contributed by atoms with E-state index in [0.29, 0.717) is 5.92 Å². The van der Waals surface area contributed by atoms with Crippen LogP contribution in [0, 0.1) is 5.92 Å². The Balaban J connectivity index is 2.56. The molecule has 14 heavy (non-hydrogen) atoms. The molecule has 0 spiro atoms. The third-order valence-electron chi connectivity index (χ3n) is 2.94. The minimum absolute atomic E-state index is 0.242. The molecule has 0 aromatic heterocycles. The standard InChI is InChI=1S/C10H21NO2S/c1-3-6-10-7-5-8-11(9-10)14(12,13)4-2/h10H,3-9H2,1-2H3. The zero-order chi connectivity index (χ0) is 10.6. The van der Waals surface area contributed by atoms with Gasteiger partial charge in [-0.15, -0.1) is 0 Å². The smallest absolute Gasteiger partial charge is 0.212 e. The quantitative estimate of drug-likeness (QED) is 0.723. The molecule has 0 N–H and O–H groups in total. The molecule has 0 saturated carbocycles. The van der Waals surface area contributed by atoms with Gasteiger partial charge in [0.05, 0.1) is 5.75 Å². The molecule has 1 unspecified atom stereocenters. The highest BCUT2D eigenvalue weighted by Gasteiger charge is 2.26. The molecular weight excluding hydrogens is 198 g/mol. The van der Waals surface area contributed by atoms with E-state index < -0.39 is 10.0 Å². The average Bonchev–Trinajstić information content (AvgIpc) is 2.19. The summed E-state index contributed by atoms with van der Waals surface area (Å²) in [5.74, 6) is 0.835. The highest BCUT2D eigenvalue weighted by molar-refractivity contribution is 7.89. The van der Waals surface area contributed by atoms with E-state index in [9.17, 15) is 8.42 Å². The Labute approximate surface area is 87.5 Å². The second-order valence-corrected chi connectivity index (χ2v) is 6.31. The van der Waals surface area contributed by atoms with E-state index in [0.717, 1.165) is 32.4 Å². The van der Waals surface area contributed by atoms with Crippen molar-refractivity contribution in [3.8, 4) is 0 Å². The van der Waals surface area contributed by atoms with Crippen molar-refractivity contribution in [2.75, 3.05) is 18.8 Å². The largest absolute Gasteiger partial charge is 0.213 e. The predicted octanol–water partition coefficient (Wildman–Crippen LogP) is 1.85. The number of rotatable bonds is 4. The van der Waals surface area contributed by atoms with E-state index in [2.05, 4.69) is 6.92 Å². The van der Waals surface area contributed by atoms with Crippen molar-refractivity contribution in [3.63, 3.8) is 0 Å². The van der Waals surface area contributed by atoms with Crippen LogP contribution in [0.25, 0.3) is 0 Å². The van der Waals surface area contributed by atoms with Gasteiger partial charge < -0.3 is 0 Å². The second-order valence-electron chi connectivity index (χ2n) is 4.06. The molecule has 1 atom stereocenters. The molecule has 0 amide bonds. The number of nitrogens with zero attached hydrogens (tertiary/aromatic N) is 1. The first-order valence-corrected chi connectivity index (χ1v) is 7.19. The van der Waals surface area contributed by atoms with Crippen LogP contribution in [0.2, 0.25) is 0 Å². The summed E-state index contributed by atoms with van der Waals surface area (Å²) in [6, 6.07) is 0. The van der Waals surface area contributed by atoms with Gasteiger partial charge in [0.15, 0.2) is 0 Å². The first-order valence-electron chi connectivity index (χ1n) is 5.58. The average molecular weight is 219 g/mol. The van der Waals surface area contributed by atoms with Gasteiger partial charge in [-0.3, -0.25) is 0 Å². The Hall–Kier alpha value is -0.0900. The topological polar surface area (TPSA) is 37.4 Å². The molecule has 1 fully saturated rings. The monoisotopic (exact) mass is 219 g/mol. The van der Waals surface area contributed by atoms with Crippen molar-refractivity contribution in [2.24, 2.45) is 5.92 Å². The number of piperidine rings is 1. The molecule has 1 saturated heterocycles. The van der Waals surface area contributed by atoms with Crippen LogP contribution in [-0.4, -0.2) is 31.6 Å². The summed E-state index contributed by atoms with van der Waals surface area (Å²) in [5.41, 5.74) is 0. The van der Waals surface area contributed by atoms with Gasteiger partial charge in [-0.1, -0.05) is 13.3 Å². The van der Waals surface area contributed by atoms with E-state index >= 15 is 0 Å². The summed E-state index contributed by atoms with van der Waals surface area (Å²) in [5, 5.41) is 0. The Morgan fingerprint density at radius 1 is 1.36 bits per heavy atom. The van der Waals surface area contributed by atoms with Gasteiger partial charge in [0, 0.05) is 13.1 Å². The normalized spacial score (nSPS) is 25.1. The zero-order valence-electron chi connectivity index (χ0n) is 9.20. The molecule has 3 nitrogen and oxygen atoms in total. The number of hydrogen-bond donors (Lipinski definition) is 0. The predicted molar refractivity (Wildman–Crippen MR) is 58.7 cm³/mol.